The molecule has 6 heteroatoms. The van der Waals surface area contributed by atoms with Crippen LogP contribution in [-0.2, 0) is 6.54 Å². The maximum Gasteiger partial charge on any atom is 0.178 e. The highest BCUT2D eigenvalue weighted by atomic mass is 79.9. The molecule has 0 amide bonds. The molecule has 3 rings (SSSR count). The SMILES string of the molecule is Cc1ccc(Br)cc1CNc1ccc2nnc(C)n2n1. The van der Waals surface area contributed by atoms with Gasteiger partial charge in [0.25, 0.3) is 0 Å². The first kappa shape index (κ1) is 13.1. The summed E-state index contributed by atoms with van der Waals surface area (Å²) in [7, 11) is 0. The van der Waals surface area contributed by atoms with E-state index < -0.39 is 0 Å². The second-order valence-electron chi connectivity index (χ2n) is 4.66. The van der Waals surface area contributed by atoms with Crippen molar-refractivity contribution in [3.8, 4) is 0 Å². The molecular formula is C14H14BrN5. The molecule has 20 heavy (non-hydrogen) atoms. The molecule has 5 nitrogen and oxygen atoms in total. The summed E-state index contributed by atoms with van der Waals surface area (Å²) in [6, 6.07) is 10.1. The van der Waals surface area contributed by atoms with Crippen molar-refractivity contribution in [1.82, 2.24) is 19.8 Å². The smallest absolute Gasteiger partial charge is 0.178 e. The van der Waals surface area contributed by atoms with Gasteiger partial charge in [0.1, 0.15) is 5.82 Å². The predicted octanol–water partition coefficient (Wildman–Crippen LogP) is 3.12. The second-order valence-corrected chi connectivity index (χ2v) is 5.58. The Kier molecular flexibility index (Phi) is 3.40. The summed E-state index contributed by atoms with van der Waals surface area (Å²) < 4.78 is 2.81. The minimum Gasteiger partial charge on any atom is -0.365 e. The molecule has 0 atom stereocenters. The third-order valence-electron chi connectivity index (χ3n) is 3.19. The predicted molar refractivity (Wildman–Crippen MR) is 81.7 cm³/mol. The molecule has 0 bridgehead atoms. The molecular weight excluding hydrogens is 318 g/mol. The molecule has 0 aliphatic rings. The van der Waals surface area contributed by atoms with Gasteiger partial charge in [0.2, 0.25) is 0 Å². The molecule has 0 aliphatic heterocycles. The standard InChI is InChI=1S/C14H14BrN5/c1-9-3-4-12(15)7-11(9)8-16-13-5-6-14-18-17-10(2)20(14)19-13/h3-7H,8H2,1-2H3,(H,16,19). The van der Waals surface area contributed by atoms with Crippen molar-refractivity contribution in [2.24, 2.45) is 0 Å². The van der Waals surface area contributed by atoms with E-state index >= 15 is 0 Å². The van der Waals surface area contributed by atoms with Crippen LogP contribution in [0.15, 0.2) is 34.8 Å². The molecule has 0 radical (unpaired) electrons. The number of hydrogen-bond acceptors (Lipinski definition) is 4. The summed E-state index contributed by atoms with van der Waals surface area (Å²) >= 11 is 3.50. The highest BCUT2D eigenvalue weighted by molar-refractivity contribution is 9.10. The van der Waals surface area contributed by atoms with E-state index in [1.165, 1.54) is 11.1 Å². The number of halogens is 1. The highest BCUT2D eigenvalue weighted by Crippen LogP contribution is 2.17. The fraction of sp³-hybridized carbons (Fsp3) is 0.214. The Bertz CT molecular complexity index is 765. The molecule has 0 saturated carbocycles. The fourth-order valence-electron chi connectivity index (χ4n) is 2.01. The van der Waals surface area contributed by atoms with Crippen LogP contribution in [-0.4, -0.2) is 19.8 Å². The summed E-state index contributed by atoms with van der Waals surface area (Å²) in [6.07, 6.45) is 0. The number of hydrogen-bond donors (Lipinski definition) is 1. The second kappa shape index (κ2) is 5.20. The van der Waals surface area contributed by atoms with E-state index in [1.807, 2.05) is 25.1 Å². The molecule has 2 heterocycles. The molecule has 1 aromatic carbocycles. The van der Waals surface area contributed by atoms with Gasteiger partial charge in [-0.25, -0.2) is 0 Å². The Hall–Kier alpha value is -1.95. The van der Waals surface area contributed by atoms with Gasteiger partial charge < -0.3 is 5.32 Å². The van der Waals surface area contributed by atoms with Gasteiger partial charge in [0, 0.05) is 11.0 Å². The Morgan fingerprint density at radius 3 is 2.85 bits per heavy atom. The summed E-state index contributed by atoms with van der Waals surface area (Å²) in [5.74, 6) is 1.59. The van der Waals surface area contributed by atoms with Gasteiger partial charge >= 0.3 is 0 Å². The van der Waals surface area contributed by atoms with Crippen molar-refractivity contribution in [1.29, 1.82) is 0 Å². The largest absolute Gasteiger partial charge is 0.365 e. The minimum absolute atomic E-state index is 0.727. The number of rotatable bonds is 3. The van der Waals surface area contributed by atoms with Gasteiger partial charge in [-0.15, -0.1) is 15.3 Å². The molecule has 0 spiro atoms. The van der Waals surface area contributed by atoms with Crippen LogP contribution in [0.2, 0.25) is 0 Å². The van der Waals surface area contributed by atoms with Crippen molar-refractivity contribution in [2.45, 2.75) is 20.4 Å². The lowest BCUT2D eigenvalue weighted by Gasteiger charge is -2.09. The van der Waals surface area contributed by atoms with Gasteiger partial charge in [-0.3, -0.25) is 0 Å². The van der Waals surface area contributed by atoms with Crippen LogP contribution < -0.4 is 5.32 Å². The lowest BCUT2D eigenvalue weighted by molar-refractivity contribution is 0.870. The first-order valence-electron chi connectivity index (χ1n) is 6.31. The first-order chi connectivity index (χ1) is 9.63. The zero-order valence-corrected chi connectivity index (χ0v) is 12.8. The van der Waals surface area contributed by atoms with Crippen LogP contribution in [0.5, 0.6) is 0 Å². The highest BCUT2D eigenvalue weighted by Gasteiger charge is 2.04. The molecule has 0 saturated heterocycles. The average Bonchev–Trinajstić information content (AvgIpc) is 2.81. The van der Waals surface area contributed by atoms with E-state index in [0.717, 1.165) is 28.3 Å². The van der Waals surface area contributed by atoms with E-state index in [2.05, 4.69) is 55.6 Å². The van der Waals surface area contributed by atoms with Gasteiger partial charge in [0.15, 0.2) is 11.5 Å². The fourth-order valence-corrected chi connectivity index (χ4v) is 2.42. The van der Waals surface area contributed by atoms with Crippen LogP contribution in [0.25, 0.3) is 5.65 Å². The van der Waals surface area contributed by atoms with Crippen LogP contribution >= 0.6 is 15.9 Å². The molecule has 1 N–H and O–H groups in total. The zero-order chi connectivity index (χ0) is 14.1. The van der Waals surface area contributed by atoms with Gasteiger partial charge in [-0.2, -0.15) is 4.52 Å². The lowest BCUT2D eigenvalue weighted by atomic mass is 10.1. The molecule has 0 fully saturated rings. The Labute approximate surface area is 125 Å². The van der Waals surface area contributed by atoms with Crippen LogP contribution in [0, 0.1) is 13.8 Å². The van der Waals surface area contributed by atoms with Gasteiger partial charge in [-0.1, -0.05) is 22.0 Å². The first-order valence-corrected chi connectivity index (χ1v) is 7.11. The number of benzene rings is 1. The van der Waals surface area contributed by atoms with Crippen molar-refractivity contribution in [2.75, 3.05) is 5.32 Å². The third kappa shape index (κ3) is 2.51. The Morgan fingerprint density at radius 2 is 2.00 bits per heavy atom. The Balaban J connectivity index is 1.82. The minimum atomic E-state index is 0.727. The number of anilines is 1. The maximum absolute atomic E-state index is 4.47. The molecule has 0 aliphatic carbocycles. The van der Waals surface area contributed by atoms with Gasteiger partial charge in [-0.05, 0) is 49.2 Å². The number of aryl methyl sites for hydroxylation is 2. The maximum atomic E-state index is 4.47. The van der Waals surface area contributed by atoms with E-state index in [1.54, 1.807) is 4.52 Å². The molecule has 0 unspecified atom stereocenters. The number of nitrogens with zero attached hydrogens (tertiary/aromatic N) is 4. The van der Waals surface area contributed by atoms with E-state index in [9.17, 15) is 0 Å². The van der Waals surface area contributed by atoms with Crippen LogP contribution in [0.4, 0.5) is 5.82 Å². The number of aromatic nitrogens is 4. The van der Waals surface area contributed by atoms with E-state index in [-0.39, 0.29) is 0 Å². The Morgan fingerprint density at radius 1 is 1.15 bits per heavy atom. The summed E-state index contributed by atoms with van der Waals surface area (Å²) in [5.41, 5.74) is 3.25. The number of fused-ring (bicyclic) bond motifs is 1. The summed E-state index contributed by atoms with van der Waals surface area (Å²) in [4.78, 5) is 0. The van der Waals surface area contributed by atoms with Crippen molar-refractivity contribution in [3.05, 3.63) is 51.8 Å². The van der Waals surface area contributed by atoms with Gasteiger partial charge in [0.05, 0.1) is 0 Å². The molecule has 3 aromatic rings. The quantitative estimate of drug-likeness (QED) is 0.801. The summed E-state index contributed by atoms with van der Waals surface area (Å²) in [5, 5.41) is 15.8. The number of nitrogens with one attached hydrogen (secondary N) is 1. The summed E-state index contributed by atoms with van der Waals surface area (Å²) in [6.45, 7) is 4.71. The van der Waals surface area contributed by atoms with Crippen LogP contribution in [0.1, 0.15) is 17.0 Å². The normalized spacial score (nSPS) is 10.9. The average molecular weight is 332 g/mol. The van der Waals surface area contributed by atoms with E-state index in [0.29, 0.717) is 0 Å². The lowest BCUT2D eigenvalue weighted by Crippen LogP contribution is -2.05. The molecule has 2 aromatic heterocycles. The van der Waals surface area contributed by atoms with Crippen LogP contribution in [0.3, 0.4) is 0 Å². The van der Waals surface area contributed by atoms with Crippen molar-refractivity contribution < 1.29 is 0 Å². The van der Waals surface area contributed by atoms with Crippen molar-refractivity contribution >= 4 is 27.4 Å². The molecule has 102 valence electrons. The topological polar surface area (TPSA) is 55.1 Å². The van der Waals surface area contributed by atoms with Crippen molar-refractivity contribution in [3.63, 3.8) is 0 Å². The third-order valence-corrected chi connectivity index (χ3v) is 3.68. The zero-order valence-electron chi connectivity index (χ0n) is 11.3. The van der Waals surface area contributed by atoms with E-state index in [4.69, 9.17) is 0 Å². The monoisotopic (exact) mass is 331 g/mol.